The molecule has 0 aliphatic heterocycles. The average Bonchev–Trinajstić information content (AvgIpc) is 3.23. The Balaban J connectivity index is 1.70. The lowest BCUT2D eigenvalue weighted by molar-refractivity contribution is -0.130. The van der Waals surface area contributed by atoms with Gasteiger partial charge in [-0.3, -0.25) is 0 Å². The van der Waals surface area contributed by atoms with Gasteiger partial charge in [-0.2, -0.15) is 0 Å². The highest BCUT2D eigenvalue weighted by molar-refractivity contribution is 5.61. The first-order valence-corrected chi connectivity index (χ1v) is 11.2. The van der Waals surface area contributed by atoms with Crippen molar-refractivity contribution < 1.29 is 14.3 Å². The Morgan fingerprint density at radius 1 is 1.14 bits per heavy atom. The summed E-state index contributed by atoms with van der Waals surface area (Å²) in [6.07, 6.45) is 11.9. The van der Waals surface area contributed by atoms with Crippen LogP contribution in [0, 0.1) is 39.4 Å². The fourth-order valence-corrected chi connectivity index (χ4v) is 8.40. The third-order valence-corrected chi connectivity index (χ3v) is 9.73. The summed E-state index contributed by atoms with van der Waals surface area (Å²) in [5, 5.41) is 10.9. The minimum Gasteiger partial charge on any atom is -0.472 e. The minimum absolute atomic E-state index is 0.110. The normalized spacial score (nSPS) is 45.9. The number of carbonyl (C=O) groups is 1. The van der Waals surface area contributed by atoms with Gasteiger partial charge in [0.25, 0.3) is 0 Å². The monoisotopic (exact) mass is 386 g/mol. The molecule has 28 heavy (non-hydrogen) atoms. The number of carbonyl (C=O) groups excluding carboxylic acids is 1. The van der Waals surface area contributed by atoms with Crippen molar-refractivity contribution in [2.75, 3.05) is 0 Å². The lowest BCUT2D eigenvalue weighted by Crippen LogP contribution is -2.54. The zero-order valence-electron chi connectivity index (χ0n) is 18.3. The molecule has 0 saturated heterocycles. The van der Waals surface area contributed by atoms with Gasteiger partial charge in [-0.1, -0.05) is 41.0 Å². The lowest BCUT2D eigenvalue weighted by atomic mass is 9.43. The number of hydrogen-bond acceptors (Lipinski definition) is 3. The molecule has 156 valence electrons. The van der Waals surface area contributed by atoms with Crippen molar-refractivity contribution in [1.82, 2.24) is 0 Å². The molecule has 1 aromatic rings. The smallest absolute Gasteiger partial charge is 0.126 e. The molecule has 1 unspecified atom stereocenters. The molecule has 0 bridgehead atoms. The largest absolute Gasteiger partial charge is 0.472 e. The van der Waals surface area contributed by atoms with Crippen molar-refractivity contribution in [1.29, 1.82) is 0 Å². The van der Waals surface area contributed by atoms with E-state index in [1.807, 2.05) is 6.07 Å². The number of furan rings is 1. The third-order valence-electron chi connectivity index (χ3n) is 9.73. The molecule has 0 spiro atoms. The maximum absolute atomic E-state index is 12.4. The summed E-state index contributed by atoms with van der Waals surface area (Å²) in [6, 6.07) is 1.85. The number of fused-ring (bicyclic) bond motifs is 3. The molecule has 3 heteroatoms. The van der Waals surface area contributed by atoms with Gasteiger partial charge >= 0.3 is 0 Å². The third kappa shape index (κ3) is 2.75. The van der Waals surface area contributed by atoms with E-state index >= 15 is 0 Å². The van der Waals surface area contributed by atoms with Crippen LogP contribution in [0.2, 0.25) is 0 Å². The van der Waals surface area contributed by atoms with Gasteiger partial charge in [0.15, 0.2) is 0 Å². The van der Waals surface area contributed by atoms with E-state index in [1.165, 1.54) is 38.4 Å². The number of hydrogen-bond donors (Lipinski definition) is 1. The molecule has 3 aliphatic rings. The van der Waals surface area contributed by atoms with E-state index in [0.29, 0.717) is 23.2 Å². The Morgan fingerprint density at radius 3 is 2.54 bits per heavy atom. The molecule has 0 amide bonds. The Morgan fingerprint density at radius 2 is 1.89 bits per heavy atom. The molecular formula is C25H38O3. The summed E-state index contributed by atoms with van der Waals surface area (Å²) < 4.78 is 5.19. The highest BCUT2D eigenvalue weighted by Gasteiger charge is 2.67. The molecule has 1 N–H and O–H groups in total. The lowest BCUT2D eigenvalue weighted by Gasteiger charge is -2.62. The predicted octanol–water partition coefficient (Wildman–Crippen LogP) is 6.18. The van der Waals surface area contributed by atoms with E-state index in [2.05, 4.69) is 34.6 Å². The van der Waals surface area contributed by atoms with Gasteiger partial charge < -0.3 is 14.3 Å². The van der Waals surface area contributed by atoms with Crippen LogP contribution in [0.3, 0.4) is 0 Å². The average molecular weight is 387 g/mol. The first-order valence-electron chi connectivity index (χ1n) is 11.2. The van der Waals surface area contributed by atoms with E-state index in [0.717, 1.165) is 17.9 Å². The molecule has 3 fully saturated rings. The molecule has 0 radical (unpaired) electrons. The number of aldehydes is 1. The van der Waals surface area contributed by atoms with Crippen LogP contribution < -0.4 is 0 Å². The van der Waals surface area contributed by atoms with Gasteiger partial charge in [0.05, 0.1) is 18.6 Å². The topological polar surface area (TPSA) is 50.4 Å². The van der Waals surface area contributed by atoms with E-state index in [9.17, 15) is 9.90 Å². The standard InChI is InChI=1S/C25H38O3/c1-22(2)9-6-10-24(4)19(22)7-11-25(5)20(23(3,16-26)14-21(24)25)13-18(27)17-8-12-28-15-17/h8,12,15-16,18-21,27H,6-7,9-11,13-14H2,1-5H3/t18-,19-,20+,21?,23+,24-,25-/m0/s1. The summed E-state index contributed by atoms with van der Waals surface area (Å²) in [7, 11) is 0. The molecule has 3 nitrogen and oxygen atoms in total. The second-order valence-electron chi connectivity index (χ2n) is 11.7. The molecule has 1 aromatic heterocycles. The van der Waals surface area contributed by atoms with E-state index < -0.39 is 6.10 Å². The van der Waals surface area contributed by atoms with Gasteiger partial charge in [0, 0.05) is 11.0 Å². The van der Waals surface area contributed by atoms with Crippen molar-refractivity contribution >= 4 is 6.29 Å². The van der Waals surface area contributed by atoms with Gasteiger partial charge in [0.2, 0.25) is 0 Å². The summed E-state index contributed by atoms with van der Waals surface area (Å²) in [5.74, 6) is 1.49. The van der Waals surface area contributed by atoms with Crippen LogP contribution in [0.4, 0.5) is 0 Å². The highest BCUT2D eigenvalue weighted by atomic mass is 16.3. The van der Waals surface area contributed by atoms with Crippen molar-refractivity contribution in [3.63, 3.8) is 0 Å². The van der Waals surface area contributed by atoms with Crippen LogP contribution in [0.15, 0.2) is 23.0 Å². The Bertz CT molecular complexity index is 722. The van der Waals surface area contributed by atoms with Gasteiger partial charge in [0.1, 0.15) is 6.29 Å². The van der Waals surface area contributed by atoms with Crippen LogP contribution in [-0.2, 0) is 4.79 Å². The highest BCUT2D eigenvalue weighted by Crippen LogP contribution is 2.73. The second kappa shape index (κ2) is 6.45. The zero-order valence-corrected chi connectivity index (χ0v) is 18.3. The molecule has 7 atom stereocenters. The van der Waals surface area contributed by atoms with E-state index in [1.54, 1.807) is 12.5 Å². The van der Waals surface area contributed by atoms with Crippen molar-refractivity contribution in [3.8, 4) is 0 Å². The maximum Gasteiger partial charge on any atom is 0.126 e. The molecule has 1 heterocycles. The van der Waals surface area contributed by atoms with E-state index in [-0.39, 0.29) is 16.7 Å². The molecule has 4 rings (SSSR count). The van der Waals surface area contributed by atoms with Crippen molar-refractivity contribution in [2.24, 2.45) is 39.4 Å². The number of rotatable bonds is 4. The first kappa shape index (κ1) is 20.2. The van der Waals surface area contributed by atoms with Crippen molar-refractivity contribution in [2.45, 2.75) is 85.7 Å². The zero-order chi connectivity index (χ0) is 20.4. The SMILES string of the molecule is CC1(C)CCC[C@]2(C)C3C[C@](C)(C=O)[C@@H](C[C@H](O)c4ccoc4)[C@]3(C)CC[C@@H]12. The quantitative estimate of drug-likeness (QED) is 0.629. The second-order valence-corrected chi connectivity index (χ2v) is 11.7. The molecule has 0 aromatic carbocycles. The Kier molecular flexibility index (Phi) is 4.65. The van der Waals surface area contributed by atoms with E-state index in [4.69, 9.17) is 4.42 Å². The number of aliphatic hydroxyl groups excluding tert-OH is 1. The van der Waals surface area contributed by atoms with Crippen LogP contribution >= 0.6 is 0 Å². The fraction of sp³-hybridized carbons (Fsp3) is 0.800. The molecule has 3 aliphatic carbocycles. The van der Waals surface area contributed by atoms with Crippen LogP contribution in [0.1, 0.15) is 91.2 Å². The number of aliphatic hydroxyl groups is 1. The Hall–Kier alpha value is -1.09. The summed E-state index contributed by atoms with van der Waals surface area (Å²) in [5.41, 5.74) is 1.27. The van der Waals surface area contributed by atoms with Crippen molar-refractivity contribution in [3.05, 3.63) is 24.2 Å². The summed E-state index contributed by atoms with van der Waals surface area (Å²) in [6.45, 7) is 12.0. The summed E-state index contributed by atoms with van der Waals surface area (Å²) in [4.78, 5) is 12.4. The van der Waals surface area contributed by atoms with Crippen LogP contribution in [0.25, 0.3) is 0 Å². The van der Waals surface area contributed by atoms with Gasteiger partial charge in [-0.25, -0.2) is 0 Å². The molecular weight excluding hydrogens is 348 g/mol. The summed E-state index contributed by atoms with van der Waals surface area (Å²) >= 11 is 0. The van der Waals surface area contributed by atoms with Gasteiger partial charge in [-0.05, 0) is 78.6 Å². The Labute approximate surface area is 170 Å². The minimum atomic E-state index is -0.563. The fourth-order valence-electron chi connectivity index (χ4n) is 8.40. The first-order chi connectivity index (χ1) is 13.1. The predicted molar refractivity (Wildman–Crippen MR) is 111 cm³/mol. The van der Waals surface area contributed by atoms with Crippen LogP contribution in [0.5, 0.6) is 0 Å². The maximum atomic E-state index is 12.4. The van der Waals surface area contributed by atoms with Crippen LogP contribution in [-0.4, -0.2) is 11.4 Å². The molecule has 3 saturated carbocycles. The van der Waals surface area contributed by atoms with Gasteiger partial charge in [-0.15, -0.1) is 0 Å².